The zero-order valence-corrected chi connectivity index (χ0v) is 6.33. The second-order valence-corrected chi connectivity index (χ2v) is 2.89. The van der Waals surface area contributed by atoms with E-state index >= 15 is 0 Å². The minimum Gasteiger partial charge on any atom is -0.476 e. The topological polar surface area (TPSA) is 63.3 Å². The molecule has 1 aromatic heterocycles. The number of hydrogen-bond donors (Lipinski definition) is 1. The minimum atomic E-state index is -2.78. The van der Waals surface area contributed by atoms with Gasteiger partial charge >= 0.3 is 5.97 Å². The predicted molar refractivity (Wildman–Crippen MR) is 35.8 cm³/mol. The van der Waals surface area contributed by atoms with E-state index in [9.17, 15) is 13.6 Å². The first-order chi connectivity index (χ1) is 6.00. The van der Waals surface area contributed by atoms with Crippen molar-refractivity contribution in [3.63, 3.8) is 0 Å². The van der Waals surface area contributed by atoms with Gasteiger partial charge in [0.25, 0.3) is 5.92 Å². The number of hydrogen-bond acceptors (Lipinski definition) is 3. The normalized spacial score (nSPS) is 24.3. The van der Waals surface area contributed by atoms with Crippen LogP contribution in [0.25, 0.3) is 0 Å². The smallest absolute Gasteiger partial charge is 0.357 e. The van der Waals surface area contributed by atoms with Gasteiger partial charge < -0.3 is 9.52 Å². The van der Waals surface area contributed by atoms with Crippen LogP contribution in [0.1, 0.15) is 28.7 Å². The first-order valence-electron chi connectivity index (χ1n) is 3.57. The van der Waals surface area contributed by atoms with Gasteiger partial charge in [-0.25, -0.2) is 18.6 Å². The summed E-state index contributed by atoms with van der Waals surface area (Å²) in [6.45, 7) is 0. The number of rotatable bonds is 2. The second-order valence-electron chi connectivity index (χ2n) is 2.89. The molecule has 1 N–H and O–H groups in total. The number of oxazole rings is 1. The fraction of sp³-hybridized carbons (Fsp3) is 0.429. The Morgan fingerprint density at radius 1 is 1.77 bits per heavy atom. The van der Waals surface area contributed by atoms with Crippen molar-refractivity contribution in [3.8, 4) is 0 Å². The summed E-state index contributed by atoms with van der Waals surface area (Å²) >= 11 is 0. The molecule has 1 fully saturated rings. The average Bonchev–Trinajstić information content (AvgIpc) is 2.50. The third-order valence-corrected chi connectivity index (χ3v) is 1.87. The van der Waals surface area contributed by atoms with Gasteiger partial charge in [-0.15, -0.1) is 0 Å². The Morgan fingerprint density at radius 2 is 2.38 bits per heavy atom. The van der Waals surface area contributed by atoms with Crippen LogP contribution in [-0.2, 0) is 0 Å². The second kappa shape index (κ2) is 2.27. The largest absolute Gasteiger partial charge is 0.476 e. The van der Waals surface area contributed by atoms with E-state index in [1.807, 2.05) is 0 Å². The van der Waals surface area contributed by atoms with Crippen molar-refractivity contribution in [1.82, 2.24) is 4.98 Å². The Hall–Kier alpha value is -1.46. The van der Waals surface area contributed by atoms with E-state index in [4.69, 9.17) is 5.11 Å². The highest BCUT2D eigenvalue weighted by molar-refractivity contribution is 5.84. The van der Waals surface area contributed by atoms with Crippen molar-refractivity contribution < 1.29 is 23.1 Å². The Morgan fingerprint density at radius 3 is 2.77 bits per heavy atom. The molecule has 1 aromatic rings. The maximum atomic E-state index is 12.4. The Bertz CT molecular complexity index is 360. The first kappa shape index (κ1) is 8.15. The van der Waals surface area contributed by atoms with Gasteiger partial charge in [0.15, 0.2) is 5.69 Å². The summed E-state index contributed by atoms with van der Waals surface area (Å²) in [5.74, 6) is -5.29. The van der Waals surface area contributed by atoms with Crippen molar-refractivity contribution in [3.05, 3.63) is 17.8 Å². The molecule has 4 nitrogen and oxygen atoms in total. The van der Waals surface area contributed by atoms with Crippen LogP contribution in [0.5, 0.6) is 0 Å². The third kappa shape index (κ3) is 1.28. The van der Waals surface area contributed by atoms with Gasteiger partial charge in [0.2, 0.25) is 5.89 Å². The van der Waals surface area contributed by atoms with Crippen LogP contribution < -0.4 is 0 Å². The summed E-state index contributed by atoms with van der Waals surface area (Å²) in [4.78, 5) is 13.7. The molecule has 1 saturated carbocycles. The van der Waals surface area contributed by atoms with Crippen molar-refractivity contribution in [2.24, 2.45) is 0 Å². The van der Waals surface area contributed by atoms with E-state index in [0.29, 0.717) is 0 Å². The monoisotopic (exact) mass is 189 g/mol. The summed E-state index contributed by atoms with van der Waals surface area (Å²) in [5.41, 5.74) is -0.335. The van der Waals surface area contributed by atoms with E-state index in [-0.39, 0.29) is 18.0 Å². The molecule has 70 valence electrons. The highest BCUT2D eigenvalue weighted by Crippen LogP contribution is 2.55. The van der Waals surface area contributed by atoms with Crippen LogP contribution in [0.15, 0.2) is 10.7 Å². The van der Waals surface area contributed by atoms with Crippen LogP contribution in [0.3, 0.4) is 0 Å². The molecule has 0 aromatic carbocycles. The minimum absolute atomic E-state index is 0.192. The molecule has 6 heteroatoms. The lowest BCUT2D eigenvalue weighted by Crippen LogP contribution is -1.98. The van der Waals surface area contributed by atoms with Crippen molar-refractivity contribution in [2.75, 3.05) is 0 Å². The van der Waals surface area contributed by atoms with E-state index in [0.717, 1.165) is 6.26 Å². The van der Waals surface area contributed by atoms with Gasteiger partial charge in [-0.1, -0.05) is 0 Å². The lowest BCUT2D eigenvalue weighted by atomic mass is 10.4. The van der Waals surface area contributed by atoms with E-state index in [1.54, 1.807) is 0 Å². The van der Waals surface area contributed by atoms with Gasteiger partial charge in [0, 0.05) is 6.42 Å². The zero-order chi connectivity index (χ0) is 9.64. The summed E-state index contributed by atoms with van der Waals surface area (Å²) in [6, 6.07) is 0. The first-order valence-corrected chi connectivity index (χ1v) is 3.57. The fourth-order valence-electron chi connectivity index (χ4n) is 1.03. The molecule has 2 rings (SSSR count). The number of halogens is 2. The lowest BCUT2D eigenvalue weighted by molar-refractivity contribution is 0.0690. The number of nitrogens with zero attached hydrogens (tertiary/aromatic N) is 1. The summed E-state index contributed by atoms with van der Waals surface area (Å²) in [6.07, 6.45) is 0.554. The number of carboxylic acids is 1. The highest BCUT2D eigenvalue weighted by Gasteiger charge is 2.60. The molecular weight excluding hydrogens is 184 g/mol. The van der Waals surface area contributed by atoms with Gasteiger partial charge in [0.05, 0.1) is 0 Å². The number of carbonyl (C=O) groups is 1. The van der Waals surface area contributed by atoms with E-state index in [2.05, 4.69) is 9.40 Å². The van der Waals surface area contributed by atoms with Crippen LogP contribution in [-0.4, -0.2) is 22.0 Å². The van der Waals surface area contributed by atoms with Gasteiger partial charge in [-0.2, -0.15) is 0 Å². The fourth-order valence-corrected chi connectivity index (χ4v) is 1.03. The Kier molecular flexibility index (Phi) is 1.43. The SMILES string of the molecule is O=C(O)c1coc(C2CC2(F)F)n1. The molecule has 0 saturated heterocycles. The lowest BCUT2D eigenvalue weighted by Gasteiger charge is -1.89. The molecule has 13 heavy (non-hydrogen) atoms. The standard InChI is InChI=1S/C7H5F2NO3/c8-7(9)1-3(7)5-10-4(2-13-5)6(11)12/h2-3H,1H2,(H,11,12). The average molecular weight is 189 g/mol. The van der Waals surface area contributed by atoms with E-state index in [1.165, 1.54) is 0 Å². The van der Waals surface area contributed by atoms with Crippen LogP contribution in [0.2, 0.25) is 0 Å². The summed E-state index contributed by atoms with van der Waals surface area (Å²) in [5, 5.41) is 8.42. The Balaban J connectivity index is 2.20. The highest BCUT2D eigenvalue weighted by atomic mass is 19.3. The maximum Gasteiger partial charge on any atom is 0.357 e. The van der Waals surface area contributed by atoms with Crippen molar-refractivity contribution in [2.45, 2.75) is 18.3 Å². The van der Waals surface area contributed by atoms with Crippen LogP contribution >= 0.6 is 0 Å². The van der Waals surface area contributed by atoms with Crippen LogP contribution in [0, 0.1) is 0 Å². The zero-order valence-electron chi connectivity index (χ0n) is 6.33. The summed E-state index contributed by atoms with van der Waals surface area (Å²) < 4.78 is 29.5. The van der Waals surface area contributed by atoms with Gasteiger partial charge in [-0.05, 0) is 0 Å². The maximum absolute atomic E-state index is 12.4. The number of aromatic carboxylic acids is 1. The van der Waals surface area contributed by atoms with Crippen LogP contribution in [0.4, 0.5) is 8.78 Å². The molecule has 0 radical (unpaired) electrons. The predicted octanol–water partition coefficient (Wildman–Crippen LogP) is 1.50. The molecule has 0 aliphatic heterocycles. The van der Waals surface area contributed by atoms with Crippen molar-refractivity contribution in [1.29, 1.82) is 0 Å². The van der Waals surface area contributed by atoms with Gasteiger partial charge in [-0.3, -0.25) is 0 Å². The molecule has 1 heterocycles. The third-order valence-electron chi connectivity index (χ3n) is 1.87. The molecular formula is C7H5F2NO3. The summed E-state index contributed by atoms with van der Waals surface area (Å²) in [7, 11) is 0. The molecule has 0 spiro atoms. The molecule has 1 unspecified atom stereocenters. The van der Waals surface area contributed by atoms with E-state index < -0.39 is 17.8 Å². The van der Waals surface area contributed by atoms with Gasteiger partial charge in [0.1, 0.15) is 12.2 Å². The molecule has 1 aliphatic carbocycles. The molecule has 0 amide bonds. The number of carboxylic acid groups (broad SMARTS) is 1. The number of alkyl halides is 2. The molecule has 0 bridgehead atoms. The Labute approximate surface area is 71.2 Å². The van der Waals surface area contributed by atoms with Crippen molar-refractivity contribution >= 4 is 5.97 Å². The number of aromatic nitrogens is 1. The molecule has 1 atom stereocenters. The molecule has 1 aliphatic rings. The quantitative estimate of drug-likeness (QED) is 0.765.